The molecule has 0 spiro atoms. The van der Waals surface area contributed by atoms with Gasteiger partial charge in [-0.05, 0) is 18.9 Å². The van der Waals surface area contributed by atoms with Gasteiger partial charge in [0.05, 0.1) is 24.3 Å². The van der Waals surface area contributed by atoms with Crippen molar-refractivity contribution >= 4 is 5.78 Å². The fraction of sp³-hybridized carbons (Fsp3) is 0.412. The number of fused-ring (bicyclic) bond motifs is 3. The summed E-state index contributed by atoms with van der Waals surface area (Å²) in [7, 11) is 0. The highest BCUT2D eigenvalue weighted by molar-refractivity contribution is 5.83. The molecule has 22 heavy (non-hydrogen) atoms. The van der Waals surface area contributed by atoms with Crippen LogP contribution < -0.4 is 0 Å². The Bertz CT molecular complexity index is 719. The standard InChI is InChI=1S/C17H17FN2O2/c18-13-3-1-2-12-15-9-19-10-20(15)14(17(12)13)8-16(21)11-4-6-22-7-5-11/h1-3,9-11,14H,4-8H2. The first-order chi connectivity index (χ1) is 10.8. The zero-order valence-electron chi connectivity index (χ0n) is 12.2. The fourth-order valence-electron chi connectivity index (χ4n) is 3.58. The number of aromatic nitrogens is 2. The molecular formula is C17H17FN2O2. The van der Waals surface area contributed by atoms with Gasteiger partial charge in [0.25, 0.3) is 0 Å². The number of ketones is 1. The van der Waals surface area contributed by atoms with E-state index in [1.807, 2.05) is 10.6 Å². The third kappa shape index (κ3) is 2.08. The van der Waals surface area contributed by atoms with Gasteiger partial charge in [-0.3, -0.25) is 4.79 Å². The molecule has 1 unspecified atom stereocenters. The fourth-order valence-corrected chi connectivity index (χ4v) is 3.58. The van der Waals surface area contributed by atoms with Crippen LogP contribution in [0.1, 0.15) is 30.9 Å². The first-order valence-corrected chi connectivity index (χ1v) is 7.67. The van der Waals surface area contributed by atoms with Crippen LogP contribution in [0.4, 0.5) is 4.39 Å². The molecule has 5 heteroatoms. The molecule has 114 valence electrons. The van der Waals surface area contributed by atoms with Crippen LogP contribution in [0.15, 0.2) is 30.7 Å². The summed E-state index contributed by atoms with van der Waals surface area (Å²) in [5.74, 6) is -0.00780. The largest absolute Gasteiger partial charge is 0.381 e. The quantitative estimate of drug-likeness (QED) is 0.875. The summed E-state index contributed by atoms with van der Waals surface area (Å²) in [5.41, 5.74) is 2.36. The smallest absolute Gasteiger partial charge is 0.138 e. The van der Waals surface area contributed by atoms with E-state index in [1.54, 1.807) is 18.6 Å². The van der Waals surface area contributed by atoms with Crippen LogP contribution in [0.5, 0.6) is 0 Å². The predicted octanol–water partition coefficient (Wildman–Crippen LogP) is 2.98. The molecule has 0 bridgehead atoms. The lowest BCUT2D eigenvalue weighted by Gasteiger charge is -2.23. The third-order valence-electron chi connectivity index (χ3n) is 4.74. The lowest BCUT2D eigenvalue weighted by Crippen LogP contribution is -2.25. The summed E-state index contributed by atoms with van der Waals surface area (Å²) < 4.78 is 21.5. The molecule has 2 aromatic rings. The highest BCUT2D eigenvalue weighted by atomic mass is 19.1. The van der Waals surface area contributed by atoms with E-state index in [0.717, 1.165) is 24.1 Å². The van der Waals surface area contributed by atoms with Crippen molar-refractivity contribution < 1.29 is 13.9 Å². The molecule has 1 fully saturated rings. The molecule has 3 heterocycles. The van der Waals surface area contributed by atoms with E-state index < -0.39 is 0 Å². The minimum absolute atomic E-state index is 0.0385. The maximum Gasteiger partial charge on any atom is 0.138 e. The van der Waals surface area contributed by atoms with Gasteiger partial charge >= 0.3 is 0 Å². The Morgan fingerprint density at radius 1 is 1.36 bits per heavy atom. The van der Waals surface area contributed by atoms with E-state index in [9.17, 15) is 9.18 Å². The van der Waals surface area contributed by atoms with Gasteiger partial charge in [0.1, 0.15) is 11.6 Å². The van der Waals surface area contributed by atoms with Gasteiger partial charge in [0, 0.05) is 36.7 Å². The number of imidazole rings is 1. The van der Waals surface area contributed by atoms with E-state index in [-0.39, 0.29) is 23.6 Å². The number of Topliss-reactive ketones (excluding diaryl/α,β-unsaturated/α-hetero) is 1. The van der Waals surface area contributed by atoms with Gasteiger partial charge in [0.2, 0.25) is 0 Å². The third-order valence-corrected chi connectivity index (χ3v) is 4.74. The second-order valence-corrected chi connectivity index (χ2v) is 5.96. The Hall–Kier alpha value is -2.01. The van der Waals surface area contributed by atoms with Crippen molar-refractivity contribution in [3.05, 3.63) is 42.1 Å². The second kappa shape index (κ2) is 5.32. The van der Waals surface area contributed by atoms with Crippen molar-refractivity contribution in [2.24, 2.45) is 5.92 Å². The highest BCUT2D eigenvalue weighted by Gasteiger charge is 2.34. The van der Waals surface area contributed by atoms with Crippen LogP contribution in [-0.2, 0) is 9.53 Å². The van der Waals surface area contributed by atoms with E-state index in [1.165, 1.54) is 6.07 Å². The van der Waals surface area contributed by atoms with Crippen molar-refractivity contribution in [3.63, 3.8) is 0 Å². The van der Waals surface area contributed by atoms with E-state index >= 15 is 0 Å². The van der Waals surface area contributed by atoms with Gasteiger partial charge in [0.15, 0.2) is 0 Å². The van der Waals surface area contributed by atoms with Gasteiger partial charge in [-0.1, -0.05) is 12.1 Å². The Morgan fingerprint density at radius 3 is 3.00 bits per heavy atom. The van der Waals surface area contributed by atoms with Crippen LogP contribution in [-0.4, -0.2) is 28.5 Å². The minimum atomic E-state index is -0.274. The number of hydrogen-bond donors (Lipinski definition) is 0. The van der Waals surface area contributed by atoms with Crippen molar-refractivity contribution in [1.29, 1.82) is 0 Å². The number of benzene rings is 1. The lowest BCUT2D eigenvalue weighted by atomic mass is 9.89. The molecule has 0 amide bonds. The van der Waals surface area contributed by atoms with Gasteiger partial charge in [-0.25, -0.2) is 9.37 Å². The number of halogens is 1. The maximum atomic E-state index is 14.3. The molecule has 0 radical (unpaired) electrons. The number of rotatable bonds is 3. The van der Waals surface area contributed by atoms with Crippen LogP contribution in [0.25, 0.3) is 11.3 Å². The van der Waals surface area contributed by atoms with Crippen LogP contribution >= 0.6 is 0 Å². The Kier molecular flexibility index (Phi) is 3.30. The summed E-state index contributed by atoms with van der Waals surface area (Å²) in [6.07, 6.45) is 5.29. The molecule has 4 nitrogen and oxygen atoms in total. The second-order valence-electron chi connectivity index (χ2n) is 5.96. The number of nitrogens with zero attached hydrogens (tertiary/aromatic N) is 2. The molecule has 2 aliphatic rings. The van der Waals surface area contributed by atoms with Gasteiger partial charge in [-0.2, -0.15) is 0 Å². The van der Waals surface area contributed by atoms with E-state index in [2.05, 4.69) is 4.98 Å². The van der Waals surface area contributed by atoms with Crippen molar-refractivity contribution in [2.75, 3.05) is 13.2 Å². The number of ether oxygens (including phenoxy) is 1. The van der Waals surface area contributed by atoms with Gasteiger partial charge < -0.3 is 9.30 Å². The summed E-state index contributed by atoms with van der Waals surface area (Å²) >= 11 is 0. The first-order valence-electron chi connectivity index (χ1n) is 7.67. The lowest BCUT2D eigenvalue weighted by molar-refractivity contribution is -0.126. The SMILES string of the molecule is O=C(CC1c2c(F)cccc2-c2cncn21)C1CCOCC1. The predicted molar refractivity (Wildman–Crippen MR) is 78.9 cm³/mol. The van der Waals surface area contributed by atoms with Crippen molar-refractivity contribution in [2.45, 2.75) is 25.3 Å². The van der Waals surface area contributed by atoms with E-state index in [0.29, 0.717) is 25.2 Å². The molecule has 1 aromatic carbocycles. The molecule has 0 N–H and O–H groups in total. The Balaban J connectivity index is 1.66. The maximum absolute atomic E-state index is 14.3. The summed E-state index contributed by atoms with van der Waals surface area (Å²) in [5, 5.41) is 0. The zero-order chi connectivity index (χ0) is 15.1. The molecule has 2 aliphatic heterocycles. The monoisotopic (exact) mass is 300 g/mol. The van der Waals surface area contributed by atoms with Crippen molar-refractivity contribution in [1.82, 2.24) is 9.55 Å². The number of carbonyl (C=O) groups is 1. The Labute approximate surface area is 127 Å². The summed E-state index contributed by atoms with van der Waals surface area (Å²) in [6.45, 7) is 1.28. The van der Waals surface area contributed by atoms with Crippen LogP contribution in [0.3, 0.4) is 0 Å². The summed E-state index contributed by atoms with van der Waals surface area (Å²) in [4.78, 5) is 16.7. The molecule has 0 aliphatic carbocycles. The number of hydrogen-bond acceptors (Lipinski definition) is 3. The van der Waals surface area contributed by atoms with Gasteiger partial charge in [-0.15, -0.1) is 0 Å². The molecule has 1 saturated heterocycles. The summed E-state index contributed by atoms with van der Waals surface area (Å²) in [6, 6.07) is 4.79. The van der Waals surface area contributed by atoms with Crippen LogP contribution in [0.2, 0.25) is 0 Å². The normalized spacial score (nSPS) is 20.7. The van der Waals surface area contributed by atoms with E-state index in [4.69, 9.17) is 4.74 Å². The molecule has 1 atom stereocenters. The molecular weight excluding hydrogens is 283 g/mol. The molecule has 0 saturated carbocycles. The number of carbonyl (C=O) groups excluding carboxylic acids is 1. The topological polar surface area (TPSA) is 44.1 Å². The Morgan fingerprint density at radius 2 is 2.18 bits per heavy atom. The average Bonchev–Trinajstić information content (AvgIpc) is 3.12. The zero-order valence-corrected chi connectivity index (χ0v) is 12.2. The molecule has 4 rings (SSSR count). The first kappa shape index (κ1) is 13.6. The van der Waals surface area contributed by atoms with Crippen molar-refractivity contribution in [3.8, 4) is 11.3 Å². The highest BCUT2D eigenvalue weighted by Crippen LogP contribution is 2.42. The minimum Gasteiger partial charge on any atom is -0.381 e. The molecule has 1 aromatic heterocycles. The van der Waals surface area contributed by atoms with Crippen LogP contribution in [0, 0.1) is 11.7 Å². The average molecular weight is 300 g/mol.